The number of hydrogen-bond donors (Lipinski definition) is 2. The maximum absolute atomic E-state index is 12.5. The molecule has 0 fully saturated rings. The number of nitrogens with one attached hydrogen (secondary N) is 1. The van der Waals surface area contributed by atoms with Crippen LogP contribution in [0, 0.1) is 0 Å². The molecule has 2 amide bonds. The minimum atomic E-state index is -1.16. The molecule has 1 heterocycles. The maximum atomic E-state index is 12.5. The van der Waals surface area contributed by atoms with Crippen LogP contribution < -0.4 is 19.7 Å². The van der Waals surface area contributed by atoms with E-state index in [0.717, 1.165) is 11.3 Å². The number of nitrogens with zero attached hydrogens (tertiary/aromatic N) is 1. The summed E-state index contributed by atoms with van der Waals surface area (Å²) in [5, 5.41) is 11.9. The number of para-hydroxylation sites is 1. The molecule has 29 heavy (non-hydrogen) atoms. The van der Waals surface area contributed by atoms with Crippen LogP contribution in [0.25, 0.3) is 0 Å². The van der Waals surface area contributed by atoms with E-state index in [1.165, 1.54) is 26.4 Å². The average molecular weight is 398 g/mol. The molecule has 1 aliphatic rings. The second-order valence-corrected chi connectivity index (χ2v) is 6.54. The Kier molecular flexibility index (Phi) is 6.01. The maximum Gasteiger partial charge on any atom is 0.335 e. The number of aromatic carboxylic acids is 1. The van der Waals surface area contributed by atoms with Gasteiger partial charge in [-0.3, -0.25) is 9.59 Å². The Hall–Kier alpha value is -3.55. The fraction of sp³-hybridized carbons (Fsp3) is 0.286. The third kappa shape index (κ3) is 4.31. The molecule has 8 heteroatoms. The van der Waals surface area contributed by atoms with E-state index >= 15 is 0 Å². The lowest BCUT2D eigenvalue weighted by atomic mass is 10.0. The van der Waals surface area contributed by atoms with E-state index in [0.29, 0.717) is 12.8 Å². The fourth-order valence-electron chi connectivity index (χ4n) is 3.35. The van der Waals surface area contributed by atoms with Crippen molar-refractivity contribution >= 4 is 29.2 Å². The predicted octanol–water partition coefficient (Wildman–Crippen LogP) is 2.71. The van der Waals surface area contributed by atoms with Crippen LogP contribution in [-0.2, 0) is 16.0 Å². The topological polar surface area (TPSA) is 105 Å². The summed E-state index contributed by atoms with van der Waals surface area (Å²) in [4.78, 5) is 37.8. The van der Waals surface area contributed by atoms with E-state index in [1.807, 2.05) is 24.3 Å². The van der Waals surface area contributed by atoms with E-state index < -0.39 is 5.97 Å². The van der Waals surface area contributed by atoms with Gasteiger partial charge in [-0.2, -0.15) is 0 Å². The number of anilines is 2. The van der Waals surface area contributed by atoms with Gasteiger partial charge < -0.3 is 24.8 Å². The second kappa shape index (κ2) is 8.64. The SMILES string of the molecule is COc1cc(C(=O)O)cc(NC(=O)CCN2C(=O)CCc3ccccc32)c1OC. The first kappa shape index (κ1) is 20.2. The van der Waals surface area contributed by atoms with Crippen LogP contribution >= 0.6 is 0 Å². The highest BCUT2D eigenvalue weighted by atomic mass is 16.5. The van der Waals surface area contributed by atoms with Crippen molar-refractivity contribution in [1.82, 2.24) is 0 Å². The number of methoxy groups -OCH3 is 2. The zero-order valence-electron chi connectivity index (χ0n) is 16.2. The van der Waals surface area contributed by atoms with Gasteiger partial charge in [0, 0.05) is 25.1 Å². The number of carboxylic acid groups (broad SMARTS) is 1. The first-order valence-electron chi connectivity index (χ1n) is 9.12. The molecule has 0 unspecified atom stereocenters. The van der Waals surface area contributed by atoms with Crippen molar-refractivity contribution < 1.29 is 29.0 Å². The van der Waals surface area contributed by atoms with Gasteiger partial charge in [-0.15, -0.1) is 0 Å². The molecule has 0 saturated heterocycles. The molecule has 0 aromatic heterocycles. The third-order valence-corrected chi connectivity index (χ3v) is 4.75. The number of carboxylic acids is 1. The van der Waals surface area contributed by atoms with Crippen molar-refractivity contribution in [2.75, 3.05) is 31.0 Å². The predicted molar refractivity (Wildman–Crippen MR) is 107 cm³/mol. The van der Waals surface area contributed by atoms with Crippen LogP contribution in [0.1, 0.15) is 28.8 Å². The Morgan fingerprint density at radius 3 is 2.59 bits per heavy atom. The van der Waals surface area contributed by atoms with Gasteiger partial charge in [-0.25, -0.2) is 4.79 Å². The van der Waals surface area contributed by atoms with Crippen LogP contribution in [0.4, 0.5) is 11.4 Å². The summed E-state index contributed by atoms with van der Waals surface area (Å²) in [6.45, 7) is 0.222. The Morgan fingerprint density at radius 1 is 1.14 bits per heavy atom. The average Bonchev–Trinajstić information content (AvgIpc) is 2.72. The van der Waals surface area contributed by atoms with Gasteiger partial charge in [0.05, 0.1) is 25.5 Å². The lowest BCUT2D eigenvalue weighted by Gasteiger charge is -2.29. The van der Waals surface area contributed by atoms with Crippen molar-refractivity contribution in [3.63, 3.8) is 0 Å². The summed E-state index contributed by atoms with van der Waals surface area (Å²) < 4.78 is 10.4. The van der Waals surface area contributed by atoms with Crippen LogP contribution in [0.15, 0.2) is 36.4 Å². The Bertz CT molecular complexity index is 956. The number of benzene rings is 2. The normalized spacial score (nSPS) is 12.9. The summed E-state index contributed by atoms with van der Waals surface area (Å²) in [6.07, 6.45) is 1.14. The number of rotatable bonds is 7. The largest absolute Gasteiger partial charge is 0.493 e. The molecule has 2 N–H and O–H groups in total. The first-order chi connectivity index (χ1) is 13.9. The fourth-order valence-corrected chi connectivity index (χ4v) is 3.35. The number of amides is 2. The first-order valence-corrected chi connectivity index (χ1v) is 9.12. The molecule has 0 aliphatic carbocycles. The van der Waals surface area contributed by atoms with Crippen molar-refractivity contribution in [3.05, 3.63) is 47.5 Å². The number of aryl methyl sites for hydroxylation is 1. The minimum Gasteiger partial charge on any atom is -0.493 e. The number of carbonyl (C=O) groups excluding carboxylic acids is 2. The number of carbonyl (C=O) groups is 3. The molecule has 0 bridgehead atoms. The Balaban J connectivity index is 1.75. The highest BCUT2D eigenvalue weighted by molar-refractivity contribution is 5.99. The minimum absolute atomic E-state index is 0.0244. The van der Waals surface area contributed by atoms with Crippen LogP contribution in [0.2, 0.25) is 0 Å². The molecule has 0 radical (unpaired) electrons. The van der Waals surface area contributed by atoms with Gasteiger partial charge in [0.15, 0.2) is 11.5 Å². The molecule has 2 aromatic rings. The van der Waals surface area contributed by atoms with Crippen molar-refractivity contribution in [2.45, 2.75) is 19.3 Å². The van der Waals surface area contributed by atoms with Crippen molar-refractivity contribution in [3.8, 4) is 11.5 Å². The molecule has 0 spiro atoms. The van der Waals surface area contributed by atoms with Gasteiger partial charge in [0.25, 0.3) is 0 Å². The summed E-state index contributed by atoms with van der Waals surface area (Å²) >= 11 is 0. The number of fused-ring (bicyclic) bond motifs is 1. The quantitative estimate of drug-likeness (QED) is 0.743. The van der Waals surface area contributed by atoms with Gasteiger partial charge in [-0.05, 0) is 30.2 Å². The smallest absolute Gasteiger partial charge is 0.335 e. The van der Waals surface area contributed by atoms with Crippen molar-refractivity contribution in [2.24, 2.45) is 0 Å². The van der Waals surface area contributed by atoms with Crippen LogP contribution in [0.5, 0.6) is 11.5 Å². The standard InChI is InChI=1S/C21H22N2O6/c1-28-17-12-14(21(26)27)11-15(20(17)29-2)22-18(24)9-10-23-16-6-4-3-5-13(16)7-8-19(23)25/h3-6,11-12H,7-10H2,1-2H3,(H,22,24)(H,26,27). The third-order valence-electron chi connectivity index (χ3n) is 4.75. The van der Waals surface area contributed by atoms with E-state index in [1.54, 1.807) is 4.90 Å². The summed E-state index contributed by atoms with van der Waals surface area (Å²) in [5.74, 6) is -1.13. The molecule has 2 aromatic carbocycles. The van der Waals surface area contributed by atoms with Crippen LogP contribution in [0.3, 0.4) is 0 Å². The highest BCUT2D eigenvalue weighted by Crippen LogP contribution is 2.37. The van der Waals surface area contributed by atoms with Gasteiger partial charge >= 0.3 is 5.97 Å². The molecule has 3 rings (SSSR count). The van der Waals surface area contributed by atoms with Crippen molar-refractivity contribution in [1.29, 1.82) is 0 Å². The van der Waals surface area contributed by atoms with E-state index in [9.17, 15) is 19.5 Å². The monoisotopic (exact) mass is 398 g/mol. The second-order valence-electron chi connectivity index (χ2n) is 6.54. The van der Waals surface area contributed by atoms with E-state index in [-0.39, 0.29) is 47.5 Å². The van der Waals surface area contributed by atoms with Gasteiger partial charge in [-0.1, -0.05) is 18.2 Å². The van der Waals surface area contributed by atoms with E-state index in [2.05, 4.69) is 5.32 Å². The molecule has 0 atom stereocenters. The molecule has 1 aliphatic heterocycles. The molecule has 152 valence electrons. The molecule has 0 saturated carbocycles. The lowest BCUT2D eigenvalue weighted by molar-refractivity contribution is -0.119. The zero-order chi connectivity index (χ0) is 21.0. The summed E-state index contributed by atoms with van der Waals surface area (Å²) in [5.41, 5.74) is 2.05. The summed E-state index contributed by atoms with van der Waals surface area (Å²) in [7, 11) is 2.78. The lowest BCUT2D eigenvalue weighted by Crippen LogP contribution is -2.37. The molecular weight excluding hydrogens is 376 g/mol. The highest BCUT2D eigenvalue weighted by Gasteiger charge is 2.24. The Morgan fingerprint density at radius 2 is 1.90 bits per heavy atom. The van der Waals surface area contributed by atoms with Gasteiger partial charge in [0.1, 0.15) is 0 Å². The zero-order valence-corrected chi connectivity index (χ0v) is 16.2. The Labute approximate surface area is 168 Å². The number of ether oxygens (including phenoxy) is 2. The van der Waals surface area contributed by atoms with Gasteiger partial charge in [0.2, 0.25) is 11.8 Å². The molecular formula is C21H22N2O6. The summed E-state index contributed by atoms with van der Waals surface area (Å²) in [6, 6.07) is 10.3. The molecule has 8 nitrogen and oxygen atoms in total. The van der Waals surface area contributed by atoms with E-state index in [4.69, 9.17) is 9.47 Å². The number of hydrogen-bond acceptors (Lipinski definition) is 5. The van der Waals surface area contributed by atoms with Crippen LogP contribution in [-0.4, -0.2) is 43.7 Å².